The number of nitrogens with one attached hydrogen (secondary N) is 3. The number of carbonyl (C=O) groups excluding carboxylic acids is 2. The lowest BCUT2D eigenvalue weighted by atomic mass is 10.0. The SMILES string of the molecule is COc1ccc(-c2cc3[nH]c(C)nc3c(O[C@H](C)[C@H]3CNC(=O)C3)n2)cc1OC.COc1ccc(-c2cc3nc(C)n(C4CC4)c3c(O[C@H](C)[C@H]3CNC(=O)C3)n2)cc1OC. The molecule has 0 unspecified atom stereocenters. The minimum Gasteiger partial charge on any atom is -0.493 e. The number of pyridine rings is 2. The summed E-state index contributed by atoms with van der Waals surface area (Å²) >= 11 is 0. The zero-order chi connectivity index (χ0) is 42.9. The fraction of sp³-hybridized carbons (Fsp3) is 0.422. The van der Waals surface area contributed by atoms with Crippen molar-refractivity contribution < 1.29 is 38.0 Å². The van der Waals surface area contributed by atoms with Gasteiger partial charge in [0.1, 0.15) is 29.4 Å². The van der Waals surface area contributed by atoms with Crippen LogP contribution in [0.15, 0.2) is 48.5 Å². The highest BCUT2D eigenvalue weighted by atomic mass is 16.5. The van der Waals surface area contributed by atoms with E-state index in [1.54, 1.807) is 28.4 Å². The summed E-state index contributed by atoms with van der Waals surface area (Å²) in [6, 6.07) is 15.8. The van der Waals surface area contributed by atoms with Gasteiger partial charge in [-0.3, -0.25) is 9.59 Å². The van der Waals surface area contributed by atoms with Crippen molar-refractivity contribution in [1.82, 2.24) is 40.1 Å². The van der Waals surface area contributed by atoms with E-state index in [9.17, 15) is 9.59 Å². The van der Waals surface area contributed by atoms with Gasteiger partial charge in [0.2, 0.25) is 23.6 Å². The molecule has 320 valence electrons. The fourth-order valence-corrected chi connectivity index (χ4v) is 8.01. The van der Waals surface area contributed by atoms with Crippen LogP contribution in [0.4, 0.5) is 0 Å². The Balaban J connectivity index is 0.000000169. The molecule has 9 rings (SSSR count). The first-order valence-electron chi connectivity index (χ1n) is 20.5. The third-order valence-corrected chi connectivity index (χ3v) is 11.6. The zero-order valence-corrected chi connectivity index (χ0v) is 35.8. The first kappa shape index (κ1) is 41.2. The molecule has 3 fully saturated rings. The molecule has 3 aliphatic rings. The molecule has 6 aromatic rings. The van der Waals surface area contributed by atoms with Crippen LogP contribution in [0.1, 0.15) is 57.2 Å². The van der Waals surface area contributed by atoms with Crippen molar-refractivity contribution in [3.8, 4) is 57.3 Å². The maximum atomic E-state index is 11.7. The van der Waals surface area contributed by atoms with Gasteiger partial charge in [-0.25, -0.2) is 19.9 Å². The molecule has 4 aromatic heterocycles. The molecule has 16 nitrogen and oxygen atoms in total. The van der Waals surface area contributed by atoms with E-state index in [2.05, 4.69) is 25.2 Å². The van der Waals surface area contributed by atoms with Crippen LogP contribution in [0.5, 0.6) is 34.8 Å². The first-order chi connectivity index (χ1) is 29.5. The topological polar surface area (TPSA) is 186 Å². The summed E-state index contributed by atoms with van der Waals surface area (Å²) in [6.07, 6.45) is 2.87. The average molecular weight is 833 g/mol. The van der Waals surface area contributed by atoms with Crippen LogP contribution in [-0.2, 0) is 9.59 Å². The highest BCUT2D eigenvalue weighted by Crippen LogP contribution is 2.43. The smallest absolute Gasteiger partial charge is 0.243 e. The van der Waals surface area contributed by atoms with Gasteiger partial charge < -0.3 is 48.6 Å². The van der Waals surface area contributed by atoms with Crippen LogP contribution in [0.3, 0.4) is 0 Å². The second-order valence-electron chi connectivity index (χ2n) is 15.8. The van der Waals surface area contributed by atoms with Crippen molar-refractivity contribution in [2.24, 2.45) is 11.8 Å². The number of aromatic amines is 1. The van der Waals surface area contributed by atoms with Crippen molar-refractivity contribution in [3.63, 3.8) is 0 Å². The van der Waals surface area contributed by atoms with E-state index in [0.717, 1.165) is 63.6 Å². The predicted molar refractivity (Wildman–Crippen MR) is 229 cm³/mol. The van der Waals surface area contributed by atoms with Crippen LogP contribution >= 0.6 is 0 Å². The van der Waals surface area contributed by atoms with Gasteiger partial charge in [0.15, 0.2) is 28.5 Å². The van der Waals surface area contributed by atoms with Gasteiger partial charge in [-0.05, 0) is 89.1 Å². The van der Waals surface area contributed by atoms with Gasteiger partial charge >= 0.3 is 0 Å². The molecule has 2 aromatic carbocycles. The maximum absolute atomic E-state index is 11.7. The zero-order valence-electron chi connectivity index (χ0n) is 35.8. The number of methoxy groups -OCH3 is 4. The summed E-state index contributed by atoms with van der Waals surface area (Å²) in [7, 11) is 6.44. The largest absolute Gasteiger partial charge is 0.493 e. The number of hydrogen-bond donors (Lipinski definition) is 3. The summed E-state index contributed by atoms with van der Waals surface area (Å²) in [5, 5.41) is 5.75. The van der Waals surface area contributed by atoms with Crippen LogP contribution in [0.2, 0.25) is 0 Å². The Labute approximate surface area is 353 Å². The molecule has 2 saturated heterocycles. The monoisotopic (exact) mass is 832 g/mol. The molecule has 1 saturated carbocycles. The Morgan fingerprint density at radius 3 is 1.69 bits per heavy atom. The first-order valence-corrected chi connectivity index (χ1v) is 20.5. The van der Waals surface area contributed by atoms with E-state index in [4.69, 9.17) is 43.4 Å². The Kier molecular flexibility index (Phi) is 11.6. The van der Waals surface area contributed by atoms with Gasteiger partial charge in [-0.1, -0.05) is 0 Å². The molecule has 2 amide bonds. The van der Waals surface area contributed by atoms with E-state index in [0.29, 0.717) is 72.2 Å². The number of hydrogen-bond acceptors (Lipinski definition) is 12. The van der Waals surface area contributed by atoms with Gasteiger partial charge in [0.25, 0.3) is 0 Å². The Morgan fingerprint density at radius 1 is 0.656 bits per heavy atom. The van der Waals surface area contributed by atoms with Crippen molar-refractivity contribution >= 4 is 33.9 Å². The minimum atomic E-state index is -0.178. The summed E-state index contributed by atoms with van der Waals surface area (Å²) in [6.45, 7) is 9.12. The Morgan fingerprint density at radius 2 is 1.18 bits per heavy atom. The quantitative estimate of drug-likeness (QED) is 0.115. The fourth-order valence-electron chi connectivity index (χ4n) is 8.01. The van der Waals surface area contributed by atoms with Crippen molar-refractivity contribution in [1.29, 1.82) is 0 Å². The molecule has 0 radical (unpaired) electrons. The third-order valence-electron chi connectivity index (χ3n) is 11.6. The number of ether oxygens (including phenoxy) is 6. The Hall–Kier alpha value is -6.58. The van der Waals surface area contributed by atoms with Gasteiger partial charge in [0, 0.05) is 54.9 Å². The van der Waals surface area contributed by atoms with Crippen molar-refractivity contribution in [3.05, 3.63) is 60.2 Å². The highest BCUT2D eigenvalue weighted by Gasteiger charge is 2.33. The van der Waals surface area contributed by atoms with Crippen LogP contribution in [0.25, 0.3) is 44.6 Å². The second kappa shape index (κ2) is 17.2. The van der Waals surface area contributed by atoms with Gasteiger partial charge in [-0.15, -0.1) is 0 Å². The molecule has 1 aliphatic carbocycles. The molecule has 0 bridgehead atoms. The van der Waals surface area contributed by atoms with Crippen LogP contribution < -0.4 is 39.1 Å². The predicted octanol–water partition coefficient (Wildman–Crippen LogP) is 6.52. The molecule has 4 atom stereocenters. The Bertz CT molecular complexity index is 2600. The normalized spacial score (nSPS) is 18.2. The van der Waals surface area contributed by atoms with Gasteiger partial charge in [-0.2, -0.15) is 0 Å². The van der Waals surface area contributed by atoms with E-state index in [1.165, 1.54) is 0 Å². The number of imidazole rings is 2. The lowest BCUT2D eigenvalue weighted by Crippen LogP contribution is -2.26. The molecule has 16 heteroatoms. The number of amides is 2. The summed E-state index contributed by atoms with van der Waals surface area (Å²) in [5.41, 5.74) is 6.54. The van der Waals surface area contributed by atoms with Gasteiger partial charge in [0.05, 0.1) is 50.9 Å². The maximum Gasteiger partial charge on any atom is 0.243 e. The summed E-state index contributed by atoms with van der Waals surface area (Å²) in [5.74, 6) is 5.66. The number of carbonyl (C=O) groups is 2. The van der Waals surface area contributed by atoms with Crippen molar-refractivity contribution in [2.75, 3.05) is 41.5 Å². The number of benzene rings is 2. The van der Waals surface area contributed by atoms with E-state index < -0.39 is 0 Å². The number of rotatable bonds is 13. The number of H-pyrrole nitrogens is 1. The lowest BCUT2D eigenvalue weighted by molar-refractivity contribution is -0.120. The lowest BCUT2D eigenvalue weighted by Gasteiger charge is -2.20. The molecule has 0 spiro atoms. The summed E-state index contributed by atoms with van der Waals surface area (Å²) < 4.78 is 36.5. The van der Waals surface area contributed by atoms with Crippen LogP contribution in [0, 0.1) is 25.7 Å². The van der Waals surface area contributed by atoms with Crippen molar-refractivity contribution in [2.45, 2.75) is 71.6 Å². The number of aryl methyl sites for hydroxylation is 2. The molecule has 3 N–H and O–H groups in total. The molecule has 2 aliphatic heterocycles. The molecule has 61 heavy (non-hydrogen) atoms. The second-order valence-corrected chi connectivity index (χ2v) is 15.8. The number of aromatic nitrogens is 6. The summed E-state index contributed by atoms with van der Waals surface area (Å²) in [4.78, 5) is 45.6. The standard InChI is InChI=1S/C24H28N4O4.C21H24N4O4/c1-13(16-10-22(29)25-12-16)32-24-23-19(26-14(2)28(23)17-6-7-17)11-18(27-24)15-5-8-20(30-3)21(9-15)31-4;1-11(14-8-19(26)22-10-14)29-21-20-16(23-12(2)24-20)9-15(25-21)13-5-6-17(27-3)18(7-13)28-4/h5,8-9,11,13,16-17H,6-7,10,12H2,1-4H3,(H,25,29);5-7,9,11,14H,8,10H2,1-4H3,(H,22,26)(H,23,24)/t13-,16-;11-,14-/m11/s1. The molecule has 6 heterocycles. The highest BCUT2D eigenvalue weighted by molar-refractivity contribution is 5.87. The van der Waals surface area contributed by atoms with E-state index >= 15 is 0 Å². The average Bonchev–Trinajstić information content (AvgIpc) is 3.50. The number of nitrogens with zero attached hydrogens (tertiary/aromatic N) is 5. The van der Waals surface area contributed by atoms with E-state index in [-0.39, 0.29) is 35.9 Å². The number of fused-ring (bicyclic) bond motifs is 2. The van der Waals surface area contributed by atoms with E-state index in [1.807, 2.05) is 76.2 Å². The molecular formula is C45H52N8O8. The minimum absolute atomic E-state index is 0.0539. The third kappa shape index (κ3) is 8.56. The molecular weight excluding hydrogens is 781 g/mol. The van der Waals surface area contributed by atoms with Crippen LogP contribution in [-0.4, -0.2) is 95.0 Å².